The highest BCUT2D eigenvalue weighted by Crippen LogP contribution is 2.28. The van der Waals surface area contributed by atoms with Crippen LogP contribution in [0, 0.1) is 11.3 Å². The zero-order valence-corrected chi connectivity index (χ0v) is 18.1. The van der Waals surface area contributed by atoms with Crippen molar-refractivity contribution < 1.29 is 24.1 Å². The van der Waals surface area contributed by atoms with E-state index < -0.39 is 6.10 Å². The lowest BCUT2D eigenvalue weighted by molar-refractivity contribution is -0.127. The number of carbonyl (C=O) groups excluding carboxylic acids is 1. The van der Waals surface area contributed by atoms with Gasteiger partial charge in [-0.1, -0.05) is 24.3 Å². The zero-order valence-electron chi connectivity index (χ0n) is 18.1. The summed E-state index contributed by atoms with van der Waals surface area (Å²) in [5.41, 5.74) is 1.61. The minimum absolute atomic E-state index is 0.0818. The number of amides is 1. The van der Waals surface area contributed by atoms with Crippen molar-refractivity contribution in [2.75, 3.05) is 26.9 Å². The van der Waals surface area contributed by atoms with Crippen LogP contribution in [-0.2, 0) is 11.3 Å². The standard InChI is InChI=1S/C24H28N2O5/c1-4-30-21-8-6-5-7-20(21)17-26(16-18(2)27)24(28)12-10-19-9-11-22(31-14-13-25)23(15-19)29-3/h5-12,15,18,27H,4,14,16-17H2,1-3H3/b12-10-. The minimum Gasteiger partial charge on any atom is -0.494 e. The average molecular weight is 424 g/mol. The van der Waals surface area contributed by atoms with Crippen molar-refractivity contribution in [1.29, 1.82) is 5.26 Å². The molecule has 0 heterocycles. The van der Waals surface area contributed by atoms with Crippen LogP contribution in [0.15, 0.2) is 48.5 Å². The molecule has 1 atom stereocenters. The van der Waals surface area contributed by atoms with Crippen molar-refractivity contribution in [2.24, 2.45) is 0 Å². The van der Waals surface area contributed by atoms with E-state index in [9.17, 15) is 9.90 Å². The van der Waals surface area contributed by atoms with E-state index in [1.165, 1.54) is 13.2 Å². The Balaban J connectivity index is 2.19. The molecule has 0 aliphatic rings. The number of hydrogen-bond acceptors (Lipinski definition) is 6. The Kier molecular flexibility index (Phi) is 9.40. The molecule has 0 aliphatic heterocycles. The first-order chi connectivity index (χ1) is 15.0. The van der Waals surface area contributed by atoms with Crippen molar-refractivity contribution in [3.05, 3.63) is 59.7 Å². The molecule has 0 radical (unpaired) electrons. The number of rotatable bonds is 11. The van der Waals surface area contributed by atoms with Crippen LogP contribution < -0.4 is 14.2 Å². The predicted molar refractivity (Wildman–Crippen MR) is 118 cm³/mol. The summed E-state index contributed by atoms with van der Waals surface area (Å²) >= 11 is 0. The van der Waals surface area contributed by atoms with Gasteiger partial charge < -0.3 is 24.2 Å². The van der Waals surface area contributed by atoms with Crippen LogP contribution in [0.5, 0.6) is 17.2 Å². The normalized spacial score (nSPS) is 11.6. The number of para-hydroxylation sites is 1. The number of hydrogen-bond donors (Lipinski definition) is 1. The van der Waals surface area contributed by atoms with E-state index in [4.69, 9.17) is 19.5 Å². The molecular formula is C24H28N2O5. The first-order valence-corrected chi connectivity index (χ1v) is 10.0. The average Bonchev–Trinajstić information content (AvgIpc) is 2.76. The molecule has 1 amide bonds. The summed E-state index contributed by atoms with van der Waals surface area (Å²) in [6.07, 6.45) is 2.45. The van der Waals surface area contributed by atoms with Crippen LogP contribution in [0.3, 0.4) is 0 Å². The van der Waals surface area contributed by atoms with Gasteiger partial charge in [0.15, 0.2) is 18.1 Å². The third-order valence-corrected chi connectivity index (χ3v) is 4.33. The van der Waals surface area contributed by atoms with E-state index in [1.807, 2.05) is 37.3 Å². The highest BCUT2D eigenvalue weighted by atomic mass is 16.5. The second kappa shape index (κ2) is 12.3. The first kappa shape index (κ1) is 23.8. The van der Waals surface area contributed by atoms with Gasteiger partial charge >= 0.3 is 0 Å². The van der Waals surface area contributed by atoms with Crippen LogP contribution >= 0.6 is 0 Å². The Bertz CT molecular complexity index is 934. The van der Waals surface area contributed by atoms with Gasteiger partial charge in [-0.2, -0.15) is 5.26 Å². The molecule has 164 valence electrons. The van der Waals surface area contributed by atoms with Crippen molar-refractivity contribution in [3.63, 3.8) is 0 Å². The monoisotopic (exact) mass is 424 g/mol. The van der Waals surface area contributed by atoms with Gasteiger partial charge in [0.25, 0.3) is 0 Å². The first-order valence-electron chi connectivity index (χ1n) is 10.0. The second-order valence-electron chi connectivity index (χ2n) is 6.80. The smallest absolute Gasteiger partial charge is 0.246 e. The quantitative estimate of drug-likeness (QED) is 0.556. The van der Waals surface area contributed by atoms with E-state index in [-0.39, 0.29) is 19.1 Å². The molecule has 7 heteroatoms. The molecule has 7 nitrogen and oxygen atoms in total. The van der Waals surface area contributed by atoms with Gasteiger partial charge in [0, 0.05) is 24.7 Å². The molecule has 0 saturated carbocycles. The number of aliphatic hydroxyl groups is 1. The molecular weight excluding hydrogens is 396 g/mol. The van der Waals surface area contributed by atoms with E-state index >= 15 is 0 Å². The maximum absolute atomic E-state index is 12.9. The summed E-state index contributed by atoms with van der Waals surface area (Å²) in [7, 11) is 1.51. The summed E-state index contributed by atoms with van der Waals surface area (Å²) in [4.78, 5) is 14.5. The Hall–Kier alpha value is -3.50. The number of aliphatic hydroxyl groups excluding tert-OH is 1. The lowest BCUT2D eigenvalue weighted by Crippen LogP contribution is -2.35. The summed E-state index contributed by atoms with van der Waals surface area (Å²) in [6, 6.07) is 14.6. The van der Waals surface area contributed by atoms with Crippen LogP contribution in [0.1, 0.15) is 25.0 Å². The summed E-state index contributed by atoms with van der Waals surface area (Å²) in [5.74, 6) is 1.40. The molecule has 0 bridgehead atoms. The zero-order chi connectivity index (χ0) is 22.6. The Morgan fingerprint density at radius 3 is 2.65 bits per heavy atom. The molecule has 0 aromatic heterocycles. The number of nitrogens with zero attached hydrogens (tertiary/aromatic N) is 2. The molecule has 31 heavy (non-hydrogen) atoms. The van der Waals surface area contributed by atoms with Crippen molar-refractivity contribution >= 4 is 12.0 Å². The molecule has 0 aliphatic carbocycles. The Labute approximate surface area is 183 Å². The molecule has 1 N–H and O–H groups in total. The van der Waals surface area contributed by atoms with E-state index in [0.717, 1.165) is 16.9 Å². The largest absolute Gasteiger partial charge is 0.494 e. The third-order valence-electron chi connectivity index (χ3n) is 4.33. The number of benzene rings is 2. The summed E-state index contributed by atoms with van der Waals surface area (Å²) < 4.78 is 16.3. The van der Waals surface area contributed by atoms with E-state index in [2.05, 4.69) is 0 Å². The van der Waals surface area contributed by atoms with E-state index in [0.29, 0.717) is 24.7 Å². The Morgan fingerprint density at radius 1 is 1.19 bits per heavy atom. The molecule has 2 aromatic carbocycles. The predicted octanol–water partition coefficient (Wildman–Crippen LogP) is 3.42. The van der Waals surface area contributed by atoms with Gasteiger partial charge in [-0.05, 0) is 43.7 Å². The van der Waals surface area contributed by atoms with Crippen molar-refractivity contribution in [3.8, 4) is 23.3 Å². The molecule has 2 rings (SSSR count). The number of carbonyl (C=O) groups is 1. The van der Waals surface area contributed by atoms with Gasteiger partial charge in [-0.3, -0.25) is 4.79 Å². The number of methoxy groups -OCH3 is 1. The van der Waals surface area contributed by atoms with Gasteiger partial charge in [-0.25, -0.2) is 0 Å². The molecule has 0 fully saturated rings. The maximum Gasteiger partial charge on any atom is 0.246 e. The lowest BCUT2D eigenvalue weighted by atomic mass is 10.1. The highest BCUT2D eigenvalue weighted by Gasteiger charge is 2.16. The fourth-order valence-corrected chi connectivity index (χ4v) is 2.98. The van der Waals surface area contributed by atoms with Gasteiger partial charge in [0.2, 0.25) is 5.91 Å². The third kappa shape index (κ3) is 7.36. The minimum atomic E-state index is -0.673. The summed E-state index contributed by atoms with van der Waals surface area (Å²) in [6.45, 7) is 4.49. The SMILES string of the molecule is CCOc1ccccc1CN(CC(C)O)C(=O)/C=C\c1ccc(OCC#N)c(OC)c1. The fraction of sp³-hybridized carbons (Fsp3) is 0.333. The van der Waals surface area contributed by atoms with Gasteiger partial charge in [-0.15, -0.1) is 0 Å². The van der Waals surface area contributed by atoms with Crippen LogP contribution in [0.25, 0.3) is 6.08 Å². The maximum atomic E-state index is 12.9. The molecule has 1 unspecified atom stereocenters. The fourth-order valence-electron chi connectivity index (χ4n) is 2.98. The lowest BCUT2D eigenvalue weighted by Gasteiger charge is -2.24. The summed E-state index contributed by atoms with van der Waals surface area (Å²) in [5, 5.41) is 18.5. The highest BCUT2D eigenvalue weighted by molar-refractivity contribution is 5.92. The topological polar surface area (TPSA) is 92.0 Å². The van der Waals surface area contributed by atoms with E-state index in [1.54, 1.807) is 36.1 Å². The second-order valence-corrected chi connectivity index (χ2v) is 6.80. The van der Waals surface area contributed by atoms with Crippen LogP contribution in [0.4, 0.5) is 0 Å². The van der Waals surface area contributed by atoms with Crippen molar-refractivity contribution in [2.45, 2.75) is 26.5 Å². The van der Waals surface area contributed by atoms with Crippen molar-refractivity contribution in [1.82, 2.24) is 4.90 Å². The van der Waals surface area contributed by atoms with Gasteiger partial charge in [0.1, 0.15) is 11.8 Å². The molecule has 2 aromatic rings. The Morgan fingerprint density at radius 2 is 1.97 bits per heavy atom. The van der Waals surface area contributed by atoms with Crippen LogP contribution in [-0.4, -0.2) is 48.9 Å². The molecule has 0 saturated heterocycles. The van der Waals surface area contributed by atoms with Crippen LogP contribution in [0.2, 0.25) is 0 Å². The number of nitriles is 1. The van der Waals surface area contributed by atoms with Gasteiger partial charge in [0.05, 0.1) is 19.8 Å². The molecule has 0 spiro atoms. The number of ether oxygens (including phenoxy) is 3.